The van der Waals surface area contributed by atoms with Crippen LogP contribution in [0.3, 0.4) is 0 Å². The van der Waals surface area contributed by atoms with Gasteiger partial charge in [-0.15, -0.1) is 0 Å². The lowest BCUT2D eigenvalue weighted by Crippen LogP contribution is -2.13. The minimum atomic E-state index is 0.0654. The van der Waals surface area contributed by atoms with Gasteiger partial charge < -0.3 is 4.74 Å². The zero-order valence-electron chi connectivity index (χ0n) is 9.33. The lowest BCUT2D eigenvalue weighted by molar-refractivity contribution is 0.415. The number of rotatable bonds is 4. The SMILES string of the molecule is COc1ccc(C=NCC(C)(C)Br)cc1. The van der Waals surface area contributed by atoms with Gasteiger partial charge in [-0.3, -0.25) is 4.99 Å². The minimum Gasteiger partial charge on any atom is -0.497 e. The summed E-state index contributed by atoms with van der Waals surface area (Å²) in [5.74, 6) is 0.868. The van der Waals surface area contributed by atoms with Crippen LogP contribution in [0, 0.1) is 0 Å². The number of benzene rings is 1. The lowest BCUT2D eigenvalue weighted by Gasteiger charge is -2.11. The van der Waals surface area contributed by atoms with Crippen molar-refractivity contribution >= 4 is 22.1 Å². The number of hydrogen-bond acceptors (Lipinski definition) is 2. The van der Waals surface area contributed by atoms with Gasteiger partial charge in [0.1, 0.15) is 5.75 Å². The van der Waals surface area contributed by atoms with Gasteiger partial charge in [-0.05, 0) is 43.7 Å². The second kappa shape index (κ2) is 5.31. The molecule has 82 valence electrons. The molecule has 0 aromatic heterocycles. The standard InChI is InChI=1S/C12H16BrNO/c1-12(2,13)9-14-8-10-4-6-11(15-3)7-5-10/h4-8H,9H2,1-3H3. The van der Waals surface area contributed by atoms with Gasteiger partial charge in [0.25, 0.3) is 0 Å². The molecule has 2 nitrogen and oxygen atoms in total. The van der Waals surface area contributed by atoms with Crippen molar-refractivity contribution in [3.63, 3.8) is 0 Å². The lowest BCUT2D eigenvalue weighted by atomic mass is 10.2. The molecule has 0 amide bonds. The molecular formula is C12H16BrNO. The van der Waals surface area contributed by atoms with Crippen molar-refractivity contribution in [2.24, 2.45) is 4.99 Å². The predicted octanol–water partition coefficient (Wildman–Crippen LogP) is 3.29. The van der Waals surface area contributed by atoms with Gasteiger partial charge >= 0.3 is 0 Å². The molecule has 0 unspecified atom stereocenters. The Morgan fingerprint density at radius 2 is 1.93 bits per heavy atom. The number of aliphatic imine (C=N–C) groups is 1. The molecule has 3 heteroatoms. The number of alkyl halides is 1. The van der Waals surface area contributed by atoms with E-state index in [2.05, 4.69) is 34.8 Å². The summed E-state index contributed by atoms with van der Waals surface area (Å²) in [6.45, 7) is 4.95. The second-order valence-electron chi connectivity index (χ2n) is 3.96. The zero-order chi connectivity index (χ0) is 11.3. The van der Waals surface area contributed by atoms with E-state index in [1.54, 1.807) is 7.11 Å². The Hall–Kier alpha value is -0.830. The van der Waals surface area contributed by atoms with Crippen LogP contribution in [0.5, 0.6) is 5.75 Å². The first kappa shape index (κ1) is 12.2. The summed E-state index contributed by atoms with van der Waals surface area (Å²) in [4.78, 5) is 4.36. The first-order valence-electron chi connectivity index (χ1n) is 4.84. The van der Waals surface area contributed by atoms with Crippen molar-refractivity contribution in [2.45, 2.75) is 18.2 Å². The minimum absolute atomic E-state index is 0.0654. The molecular weight excluding hydrogens is 254 g/mol. The van der Waals surface area contributed by atoms with Crippen molar-refractivity contribution in [3.05, 3.63) is 29.8 Å². The third-order valence-electron chi connectivity index (χ3n) is 1.82. The van der Waals surface area contributed by atoms with Crippen molar-refractivity contribution in [1.82, 2.24) is 0 Å². The van der Waals surface area contributed by atoms with E-state index in [1.807, 2.05) is 30.5 Å². The Morgan fingerprint density at radius 1 is 1.33 bits per heavy atom. The molecule has 0 saturated heterocycles. The van der Waals surface area contributed by atoms with Crippen LogP contribution >= 0.6 is 15.9 Å². The summed E-state index contributed by atoms with van der Waals surface area (Å²) in [5.41, 5.74) is 1.09. The average Bonchev–Trinajstić information content (AvgIpc) is 2.17. The van der Waals surface area contributed by atoms with Gasteiger partial charge in [-0.1, -0.05) is 15.9 Å². The van der Waals surface area contributed by atoms with Crippen molar-refractivity contribution < 1.29 is 4.74 Å². The highest BCUT2D eigenvalue weighted by atomic mass is 79.9. The van der Waals surface area contributed by atoms with E-state index >= 15 is 0 Å². The van der Waals surface area contributed by atoms with Crippen LogP contribution in [0.25, 0.3) is 0 Å². The van der Waals surface area contributed by atoms with Gasteiger partial charge in [0.2, 0.25) is 0 Å². The maximum atomic E-state index is 5.08. The van der Waals surface area contributed by atoms with Crippen LogP contribution in [0.2, 0.25) is 0 Å². The number of nitrogens with zero attached hydrogens (tertiary/aromatic N) is 1. The molecule has 0 radical (unpaired) electrons. The molecule has 1 rings (SSSR count). The monoisotopic (exact) mass is 269 g/mol. The Labute approximate surface area is 99.5 Å². The summed E-state index contributed by atoms with van der Waals surface area (Å²) in [5, 5.41) is 0. The largest absolute Gasteiger partial charge is 0.497 e. The number of methoxy groups -OCH3 is 1. The zero-order valence-corrected chi connectivity index (χ0v) is 10.9. The Kier molecular flexibility index (Phi) is 4.33. The van der Waals surface area contributed by atoms with E-state index < -0.39 is 0 Å². The summed E-state index contributed by atoms with van der Waals surface area (Å²) >= 11 is 3.54. The number of hydrogen-bond donors (Lipinski definition) is 0. The fourth-order valence-electron chi connectivity index (χ4n) is 1.06. The highest BCUT2D eigenvalue weighted by Gasteiger charge is 2.09. The molecule has 0 atom stereocenters. The second-order valence-corrected chi connectivity index (χ2v) is 6.11. The van der Waals surface area contributed by atoms with E-state index in [4.69, 9.17) is 4.74 Å². The molecule has 15 heavy (non-hydrogen) atoms. The van der Waals surface area contributed by atoms with Crippen LogP contribution in [0.1, 0.15) is 19.4 Å². The van der Waals surface area contributed by atoms with Crippen LogP contribution in [0.15, 0.2) is 29.3 Å². The quantitative estimate of drug-likeness (QED) is 0.607. The number of halogens is 1. The summed E-state index contributed by atoms with van der Waals surface area (Å²) < 4.78 is 5.14. The van der Waals surface area contributed by atoms with Crippen LogP contribution < -0.4 is 4.74 Å². The van der Waals surface area contributed by atoms with Gasteiger partial charge in [0.05, 0.1) is 13.7 Å². The Balaban J connectivity index is 2.57. The third-order valence-corrected chi connectivity index (χ3v) is 2.07. The van der Waals surface area contributed by atoms with E-state index in [0.29, 0.717) is 0 Å². The normalized spacial score (nSPS) is 12.0. The maximum Gasteiger partial charge on any atom is 0.118 e. The van der Waals surface area contributed by atoms with Gasteiger partial charge in [-0.2, -0.15) is 0 Å². The van der Waals surface area contributed by atoms with Crippen LogP contribution in [-0.2, 0) is 0 Å². The average molecular weight is 270 g/mol. The fraction of sp³-hybridized carbons (Fsp3) is 0.417. The molecule has 1 aromatic carbocycles. The summed E-state index contributed by atoms with van der Waals surface area (Å²) in [6, 6.07) is 7.84. The van der Waals surface area contributed by atoms with Crippen molar-refractivity contribution in [3.8, 4) is 5.75 Å². The van der Waals surface area contributed by atoms with Gasteiger partial charge in [0, 0.05) is 10.5 Å². The maximum absolute atomic E-state index is 5.08. The van der Waals surface area contributed by atoms with Crippen molar-refractivity contribution in [2.75, 3.05) is 13.7 Å². The van der Waals surface area contributed by atoms with Gasteiger partial charge in [-0.25, -0.2) is 0 Å². The van der Waals surface area contributed by atoms with E-state index in [9.17, 15) is 0 Å². The topological polar surface area (TPSA) is 21.6 Å². The third kappa shape index (κ3) is 4.98. The molecule has 0 bridgehead atoms. The molecule has 0 fully saturated rings. The molecule has 0 N–H and O–H groups in total. The first-order valence-corrected chi connectivity index (χ1v) is 5.63. The van der Waals surface area contributed by atoms with Crippen LogP contribution in [-0.4, -0.2) is 24.2 Å². The van der Waals surface area contributed by atoms with Gasteiger partial charge in [0.15, 0.2) is 0 Å². The Bertz CT molecular complexity index is 324. The molecule has 1 aromatic rings. The molecule has 0 aliphatic rings. The first-order chi connectivity index (χ1) is 7.01. The smallest absolute Gasteiger partial charge is 0.118 e. The summed E-state index contributed by atoms with van der Waals surface area (Å²) in [6.07, 6.45) is 1.88. The number of ether oxygens (including phenoxy) is 1. The molecule has 0 spiro atoms. The molecule has 0 saturated carbocycles. The Morgan fingerprint density at radius 3 is 2.40 bits per heavy atom. The molecule has 0 heterocycles. The fourth-order valence-corrected chi connectivity index (χ4v) is 1.20. The highest BCUT2D eigenvalue weighted by Crippen LogP contribution is 2.15. The molecule has 0 aliphatic carbocycles. The highest BCUT2D eigenvalue weighted by molar-refractivity contribution is 9.10. The van der Waals surface area contributed by atoms with Crippen molar-refractivity contribution in [1.29, 1.82) is 0 Å². The molecule has 0 aliphatic heterocycles. The summed E-state index contributed by atoms with van der Waals surface area (Å²) in [7, 11) is 1.66. The van der Waals surface area contributed by atoms with Crippen LogP contribution in [0.4, 0.5) is 0 Å². The predicted molar refractivity (Wildman–Crippen MR) is 68.5 cm³/mol. The van der Waals surface area contributed by atoms with E-state index in [0.717, 1.165) is 17.9 Å². The van der Waals surface area contributed by atoms with E-state index in [-0.39, 0.29) is 4.32 Å². The van der Waals surface area contributed by atoms with E-state index in [1.165, 1.54) is 0 Å².